The van der Waals surface area contributed by atoms with Gasteiger partial charge in [-0.3, -0.25) is 9.59 Å². The lowest BCUT2D eigenvalue weighted by Crippen LogP contribution is -2.49. The summed E-state index contributed by atoms with van der Waals surface area (Å²) in [6.45, 7) is 1.38. The van der Waals surface area contributed by atoms with E-state index in [1.807, 2.05) is 0 Å². The molecule has 2 aliphatic heterocycles. The number of benzene rings is 1. The van der Waals surface area contributed by atoms with Gasteiger partial charge in [0, 0.05) is 37.8 Å². The molecule has 136 valence electrons. The van der Waals surface area contributed by atoms with Crippen molar-refractivity contribution in [1.29, 1.82) is 0 Å². The van der Waals surface area contributed by atoms with Crippen LogP contribution in [0.25, 0.3) is 0 Å². The van der Waals surface area contributed by atoms with Gasteiger partial charge in [-0.05, 0) is 31.0 Å². The van der Waals surface area contributed by atoms with Crippen LogP contribution in [0.15, 0.2) is 29.2 Å². The van der Waals surface area contributed by atoms with Crippen molar-refractivity contribution in [3.05, 3.63) is 29.8 Å². The first-order valence-corrected chi connectivity index (χ1v) is 9.74. The van der Waals surface area contributed by atoms with Gasteiger partial charge in [-0.15, -0.1) is 0 Å². The lowest BCUT2D eigenvalue weighted by molar-refractivity contribution is -0.122. The molecule has 9 heteroatoms. The Balaban J connectivity index is 1.83. The molecule has 2 heterocycles. The first kappa shape index (κ1) is 17.8. The molecule has 0 radical (unpaired) electrons. The summed E-state index contributed by atoms with van der Waals surface area (Å²) in [4.78, 5) is 25.8. The second-order valence-corrected chi connectivity index (χ2v) is 8.31. The van der Waals surface area contributed by atoms with Crippen LogP contribution < -0.4 is 11.1 Å². The van der Waals surface area contributed by atoms with E-state index in [0.29, 0.717) is 18.7 Å². The fourth-order valence-electron chi connectivity index (χ4n) is 3.14. The van der Waals surface area contributed by atoms with Gasteiger partial charge in [0.1, 0.15) is 0 Å². The third-order valence-corrected chi connectivity index (χ3v) is 6.31. The lowest BCUT2D eigenvalue weighted by atomic mass is 10.1. The third-order valence-electron chi connectivity index (χ3n) is 4.47. The normalized spacial score (nSPS) is 22.5. The molecule has 0 aromatic heterocycles. The molecule has 25 heavy (non-hydrogen) atoms. The predicted octanol–water partition coefficient (Wildman–Crippen LogP) is -0.630. The third kappa shape index (κ3) is 3.83. The van der Waals surface area contributed by atoms with Crippen LogP contribution in [0.3, 0.4) is 0 Å². The van der Waals surface area contributed by atoms with Crippen LogP contribution in [-0.2, 0) is 14.8 Å². The highest BCUT2D eigenvalue weighted by Gasteiger charge is 2.30. The van der Waals surface area contributed by atoms with Crippen LogP contribution in [0.4, 0.5) is 0 Å². The van der Waals surface area contributed by atoms with Crippen molar-refractivity contribution in [2.75, 3.05) is 32.7 Å². The van der Waals surface area contributed by atoms with E-state index in [2.05, 4.69) is 5.32 Å². The number of nitrogens with one attached hydrogen (secondary N) is 1. The van der Waals surface area contributed by atoms with Crippen molar-refractivity contribution >= 4 is 21.8 Å². The van der Waals surface area contributed by atoms with E-state index in [0.717, 1.165) is 17.1 Å². The fourth-order valence-corrected chi connectivity index (χ4v) is 4.58. The van der Waals surface area contributed by atoms with Crippen LogP contribution in [0.1, 0.15) is 23.2 Å². The SMILES string of the molecule is NC1CCCN(C(=O)c2cccc(S(=O)(=O)N3CCNC(=O)C3)c2)C1. The average molecular weight is 366 g/mol. The topological polar surface area (TPSA) is 113 Å². The maximum atomic E-state index is 12.7. The Kier molecular flexibility index (Phi) is 5.07. The van der Waals surface area contributed by atoms with Gasteiger partial charge in [0.2, 0.25) is 15.9 Å². The quantitative estimate of drug-likeness (QED) is 0.740. The number of carbonyl (C=O) groups is 2. The van der Waals surface area contributed by atoms with Gasteiger partial charge in [0.25, 0.3) is 5.91 Å². The summed E-state index contributed by atoms with van der Waals surface area (Å²) in [7, 11) is -3.82. The molecule has 2 fully saturated rings. The zero-order chi connectivity index (χ0) is 18.0. The molecule has 0 bridgehead atoms. The Labute approximate surface area is 147 Å². The van der Waals surface area contributed by atoms with E-state index in [9.17, 15) is 18.0 Å². The monoisotopic (exact) mass is 366 g/mol. The first-order chi connectivity index (χ1) is 11.9. The predicted molar refractivity (Wildman–Crippen MR) is 91.3 cm³/mol. The summed E-state index contributed by atoms with van der Waals surface area (Å²) in [6.07, 6.45) is 1.73. The maximum Gasteiger partial charge on any atom is 0.253 e. The Bertz CT molecular complexity index is 780. The average Bonchev–Trinajstić information content (AvgIpc) is 2.61. The van der Waals surface area contributed by atoms with E-state index in [4.69, 9.17) is 5.73 Å². The van der Waals surface area contributed by atoms with E-state index in [1.165, 1.54) is 12.1 Å². The second kappa shape index (κ2) is 7.11. The molecule has 2 saturated heterocycles. The highest BCUT2D eigenvalue weighted by molar-refractivity contribution is 7.89. The van der Waals surface area contributed by atoms with Crippen LogP contribution in [0.5, 0.6) is 0 Å². The molecule has 0 saturated carbocycles. The van der Waals surface area contributed by atoms with Crippen molar-refractivity contribution < 1.29 is 18.0 Å². The lowest BCUT2D eigenvalue weighted by Gasteiger charge is -2.31. The van der Waals surface area contributed by atoms with Crippen molar-refractivity contribution in [2.45, 2.75) is 23.8 Å². The van der Waals surface area contributed by atoms with Gasteiger partial charge >= 0.3 is 0 Å². The number of piperidine rings is 1. The van der Waals surface area contributed by atoms with Gasteiger partial charge < -0.3 is 16.0 Å². The number of sulfonamides is 1. The number of hydrogen-bond acceptors (Lipinski definition) is 5. The van der Waals surface area contributed by atoms with Crippen LogP contribution in [0.2, 0.25) is 0 Å². The van der Waals surface area contributed by atoms with Crippen LogP contribution in [-0.4, -0.2) is 68.2 Å². The Morgan fingerprint density at radius 3 is 2.80 bits per heavy atom. The summed E-state index contributed by atoms with van der Waals surface area (Å²) in [5.74, 6) is -0.548. The largest absolute Gasteiger partial charge is 0.354 e. The molecular formula is C16H22N4O4S. The highest BCUT2D eigenvalue weighted by atomic mass is 32.2. The molecular weight excluding hydrogens is 344 g/mol. The molecule has 3 rings (SSSR count). The van der Waals surface area contributed by atoms with Crippen LogP contribution >= 0.6 is 0 Å². The Hall–Kier alpha value is -1.97. The van der Waals surface area contributed by atoms with Crippen molar-refractivity contribution in [3.63, 3.8) is 0 Å². The van der Waals surface area contributed by atoms with Gasteiger partial charge in [0.15, 0.2) is 0 Å². The number of piperazine rings is 1. The standard InChI is InChI=1S/C16H22N4O4S/c17-13-4-2-7-19(10-13)16(22)12-3-1-5-14(9-12)25(23,24)20-8-6-18-15(21)11-20/h1,3,5,9,13H,2,4,6-8,10-11,17H2,(H,18,21). The summed E-state index contributed by atoms with van der Waals surface area (Å²) >= 11 is 0. The number of hydrogen-bond donors (Lipinski definition) is 2. The number of nitrogens with zero attached hydrogens (tertiary/aromatic N) is 2. The second-order valence-electron chi connectivity index (χ2n) is 6.37. The summed E-state index contributed by atoms with van der Waals surface area (Å²) < 4.78 is 26.6. The Morgan fingerprint density at radius 1 is 1.28 bits per heavy atom. The van der Waals surface area contributed by atoms with E-state index in [-0.39, 0.29) is 42.4 Å². The van der Waals surface area contributed by atoms with Crippen molar-refractivity contribution in [2.24, 2.45) is 5.73 Å². The zero-order valence-electron chi connectivity index (χ0n) is 13.8. The molecule has 3 N–H and O–H groups in total. The minimum Gasteiger partial charge on any atom is -0.354 e. The minimum absolute atomic E-state index is 0.0226. The van der Waals surface area contributed by atoms with Crippen molar-refractivity contribution in [3.8, 4) is 0 Å². The van der Waals surface area contributed by atoms with Gasteiger partial charge in [-0.2, -0.15) is 4.31 Å². The number of carbonyl (C=O) groups excluding carboxylic acids is 2. The molecule has 8 nitrogen and oxygen atoms in total. The minimum atomic E-state index is -3.82. The summed E-state index contributed by atoms with van der Waals surface area (Å²) in [5.41, 5.74) is 6.23. The van der Waals surface area contributed by atoms with Gasteiger partial charge in [0.05, 0.1) is 11.4 Å². The summed E-state index contributed by atoms with van der Waals surface area (Å²) in [5, 5.41) is 2.59. The van der Waals surface area contributed by atoms with E-state index >= 15 is 0 Å². The number of likely N-dealkylation sites (tertiary alicyclic amines) is 1. The highest BCUT2D eigenvalue weighted by Crippen LogP contribution is 2.20. The number of amides is 2. The molecule has 1 aromatic rings. The van der Waals surface area contributed by atoms with Gasteiger partial charge in [-0.25, -0.2) is 8.42 Å². The molecule has 2 amide bonds. The zero-order valence-corrected chi connectivity index (χ0v) is 14.7. The van der Waals surface area contributed by atoms with Crippen LogP contribution in [0, 0.1) is 0 Å². The Morgan fingerprint density at radius 2 is 2.08 bits per heavy atom. The fraction of sp³-hybridized carbons (Fsp3) is 0.500. The molecule has 0 aliphatic carbocycles. The summed E-state index contributed by atoms with van der Waals surface area (Å²) in [6, 6.07) is 5.93. The first-order valence-electron chi connectivity index (χ1n) is 8.30. The maximum absolute atomic E-state index is 12.7. The number of nitrogens with two attached hydrogens (primary N) is 1. The molecule has 2 aliphatic rings. The van der Waals surface area contributed by atoms with E-state index < -0.39 is 10.0 Å². The number of rotatable bonds is 3. The van der Waals surface area contributed by atoms with Gasteiger partial charge in [-0.1, -0.05) is 6.07 Å². The molecule has 1 unspecified atom stereocenters. The van der Waals surface area contributed by atoms with E-state index in [1.54, 1.807) is 17.0 Å². The molecule has 1 aromatic carbocycles. The molecule has 0 spiro atoms. The van der Waals surface area contributed by atoms with Crippen molar-refractivity contribution in [1.82, 2.24) is 14.5 Å². The smallest absolute Gasteiger partial charge is 0.253 e. The molecule has 1 atom stereocenters.